The van der Waals surface area contributed by atoms with Gasteiger partial charge in [0, 0.05) is 19.6 Å². The summed E-state index contributed by atoms with van der Waals surface area (Å²) in [5.74, 6) is 0.114. The van der Waals surface area contributed by atoms with Crippen LogP contribution in [0.25, 0.3) is 0 Å². The van der Waals surface area contributed by atoms with Gasteiger partial charge in [-0.1, -0.05) is 0 Å². The van der Waals surface area contributed by atoms with Gasteiger partial charge in [-0.2, -0.15) is 5.10 Å². The Balaban J connectivity index is 1.83. The Morgan fingerprint density at radius 1 is 1.68 bits per heavy atom. The van der Waals surface area contributed by atoms with Crippen molar-refractivity contribution < 1.29 is 14.6 Å². The number of carbonyl (C=O) groups is 1. The summed E-state index contributed by atoms with van der Waals surface area (Å²) in [4.78, 5) is 11.9. The van der Waals surface area contributed by atoms with Gasteiger partial charge < -0.3 is 20.9 Å². The number of nitrogens with one attached hydrogen (secondary N) is 2. The van der Waals surface area contributed by atoms with Crippen LogP contribution in [0.1, 0.15) is 41.4 Å². The first-order chi connectivity index (χ1) is 9.13. The summed E-state index contributed by atoms with van der Waals surface area (Å²) in [6.07, 6.45) is 2.04. The van der Waals surface area contributed by atoms with E-state index in [0.717, 1.165) is 18.5 Å². The van der Waals surface area contributed by atoms with Crippen LogP contribution in [-0.2, 0) is 4.74 Å². The first kappa shape index (κ1) is 13.8. The van der Waals surface area contributed by atoms with Crippen LogP contribution in [-0.4, -0.2) is 47.6 Å². The lowest BCUT2D eigenvalue weighted by atomic mass is 10.2. The van der Waals surface area contributed by atoms with Gasteiger partial charge in [-0.05, 0) is 19.3 Å². The Hall–Kier alpha value is -1.60. The van der Waals surface area contributed by atoms with E-state index in [4.69, 9.17) is 10.5 Å². The SMILES string of the molecule is COCC(O)CCNC(=O)c1n[nH]c(C2CC2)c1N. The molecule has 2 rings (SSSR count). The van der Waals surface area contributed by atoms with Crippen molar-refractivity contribution in [3.63, 3.8) is 0 Å². The van der Waals surface area contributed by atoms with Gasteiger partial charge in [0.25, 0.3) is 5.91 Å². The minimum absolute atomic E-state index is 0.239. The van der Waals surface area contributed by atoms with E-state index in [0.29, 0.717) is 24.6 Å². The van der Waals surface area contributed by atoms with Crippen molar-refractivity contribution in [2.45, 2.75) is 31.3 Å². The molecule has 1 heterocycles. The number of nitrogens with two attached hydrogens (primary N) is 1. The van der Waals surface area contributed by atoms with Crippen LogP contribution < -0.4 is 11.1 Å². The molecule has 0 saturated heterocycles. The largest absolute Gasteiger partial charge is 0.395 e. The van der Waals surface area contributed by atoms with Gasteiger partial charge in [0.1, 0.15) is 0 Å². The number of nitrogens with zero attached hydrogens (tertiary/aromatic N) is 1. The average Bonchev–Trinajstić information content (AvgIpc) is 3.13. The number of nitrogen functional groups attached to an aromatic ring is 1. The third-order valence-corrected chi connectivity index (χ3v) is 3.16. The third kappa shape index (κ3) is 3.45. The van der Waals surface area contributed by atoms with Gasteiger partial charge in [0.2, 0.25) is 0 Å². The molecule has 1 aliphatic rings. The van der Waals surface area contributed by atoms with Crippen molar-refractivity contribution in [2.24, 2.45) is 0 Å². The van der Waals surface area contributed by atoms with Crippen molar-refractivity contribution in [2.75, 3.05) is 26.0 Å². The second kappa shape index (κ2) is 6.03. The summed E-state index contributed by atoms with van der Waals surface area (Å²) < 4.78 is 4.80. The highest BCUT2D eigenvalue weighted by molar-refractivity contribution is 5.97. The van der Waals surface area contributed by atoms with E-state index in [1.165, 1.54) is 7.11 Å². The number of aromatic amines is 1. The first-order valence-electron chi connectivity index (χ1n) is 6.42. The molecule has 7 heteroatoms. The number of methoxy groups -OCH3 is 1. The van der Waals surface area contributed by atoms with E-state index in [-0.39, 0.29) is 18.2 Å². The first-order valence-corrected chi connectivity index (χ1v) is 6.42. The lowest BCUT2D eigenvalue weighted by Crippen LogP contribution is -2.29. The molecule has 0 radical (unpaired) electrons. The predicted octanol–water partition coefficient (Wildman–Crippen LogP) is -0.00350. The smallest absolute Gasteiger partial charge is 0.273 e. The summed E-state index contributed by atoms with van der Waals surface area (Å²) >= 11 is 0. The molecule has 0 aromatic carbocycles. The van der Waals surface area contributed by atoms with E-state index in [2.05, 4.69) is 15.5 Å². The molecular formula is C12H20N4O3. The summed E-state index contributed by atoms with van der Waals surface area (Å²) in [6, 6.07) is 0. The molecule has 1 fully saturated rings. The van der Waals surface area contributed by atoms with Crippen LogP contribution >= 0.6 is 0 Å². The highest BCUT2D eigenvalue weighted by Gasteiger charge is 2.30. The molecular weight excluding hydrogens is 248 g/mol. The number of hydrogen-bond acceptors (Lipinski definition) is 5. The maximum Gasteiger partial charge on any atom is 0.273 e. The zero-order valence-electron chi connectivity index (χ0n) is 11.0. The summed E-state index contributed by atoms with van der Waals surface area (Å²) in [5.41, 5.74) is 7.45. The van der Waals surface area contributed by atoms with E-state index in [1.54, 1.807) is 0 Å². The van der Waals surface area contributed by atoms with Crippen molar-refractivity contribution in [1.82, 2.24) is 15.5 Å². The maximum absolute atomic E-state index is 11.9. The number of aliphatic hydroxyl groups is 1. The Bertz CT molecular complexity index is 442. The summed E-state index contributed by atoms with van der Waals surface area (Å²) in [5, 5.41) is 18.9. The molecule has 1 saturated carbocycles. The molecule has 5 N–H and O–H groups in total. The lowest BCUT2D eigenvalue weighted by molar-refractivity contribution is 0.0587. The molecule has 0 aliphatic heterocycles. The van der Waals surface area contributed by atoms with Crippen LogP contribution in [0, 0.1) is 0 Å². The van der Waals surface area contributed by atoms with Crippen molar-refractivity contribution in [1.29, 1.82) is 0 Å². The van der Waals surface area contributed by atoms with Crippen LogP contribution in [0.15, 0.2) is 0 Å². The number of aromatic nitrogens is 2. The van der Waals surface area contributed by atoms with Gasteiger partial charge in [-0.15, -0.1) is 0 Å². The van der Waals surface area contributed by atoms with Crippen LogP contribution in [0.2, 0.25) is 0 Å². The number of anilines is 1. The molecule has 0 spiro atoms. The molecule has 1 amide bonds. The van der Waals surface area contributed by atoms with Crippen LogP contribution in [0.4, 0.5) is 5.69 Å². The highest BCUT2D eigenvalue weighted by Crippen LogP contribution is 2.42. The number of aliphatic hydroxyl groups excluding tert-OH is 1. The fourth-order valence-electron chi connectivity index (χ4n) is 1.93. The Kier molecular flexibility index (Phi) is 4.39. The lowest BCUT2D eigenvalue weighted by Gasteiger charge is -2.09. The van der Waals surface area contributed by atoms with E-state index >= 15 is 0 Å². The maximum atomic E-state index is 11.9. The number of amides is 1. The molecule has 106 valence electrons. The molecule has 7 nitrogen and oxygen atoms in total. The summed E-state index contributed by atoms with van der Waals surface area (Å²) in [6.45, 7) is 0.612. The van der Waals surface area contributed by atoms with Crippen LogP contribution in [0.5, 0.6) is 0 Å². The Labute approximate surface area is 111 Å². The number of carbonyl (C=O) groups excluding carboxylic acids is 1. The van der Waals surface area contributed by atoms with Crippen molar-refractivity contribution in [3.8, 4) is 0 Å². The van der Waals surface area contributed by atoms with E-state index < -0.39 is 6.10 Å². The number of rotatable bonds is 7. The fourth-order valence-corrected chi connectivity index (χ4v) is 1.93. The zero-order valence-corrected chi connectivity index (χ0v) is 11.0. The molecule has 1 aliphatic carbocycles. The topological polar surface area (TPSA) is 113 Å². The zero-order chi connectivity index (χ0) is 13.8. The molecule has 1 atom stereocenters. The Morgan fingerprint density at radius 2 is 2.42 bits per heavy atom. The van der Waals surface area contributed by atoms with Gasteiger partial charge in [-0.3, -0.25) is 9.89 Å². The predicted molar refractivity (Wildman–Crippen MR) is 69.8 cm³/mol. The monoisotopic (exact) mass is 268 g/mol. The minimum atomic E-state index is -0.580. The van der Waals surface area contributed by atoms with Crippen molar-refractivity contribution >= 4 is 11.6 Å². The minimum Gasteiger partial charge on any atom is -0.395 e. The third-order valence-electron chi connectivity index (χ3n) is 3.16. The molecule has 1 unspecified atom stereocenters. The number of ether oxygens (including phenoxy) is 1. The molecule has 1 aromatic heterocycles. The van der Waals surface area contributed by atoms with Gasteiger partial charge in [0.05, 0.1) is 24.1 Å². The van der Waals surface area contributed by atoms with Gasteiger partial charge >= 0.3 is 0 Å². The van der Waals surface area contributed by atoms with Crippen LogP contribution in [0.3, 0.4) is 0 Å². The van der Waals surface area contributed by atoms with Gasteiger partial charge in [0.15, 0.2) is 5.69 Å². The normalized spacial score (nSPS) is 16.3. The van der Waals surface area contributed by atoms with Gasteiger partial charge in [-0.25, -0.2) is 0 Å². The fraction of sp³-hybridized carbons (Fsp3) is 0.667. The highest BCUT2D eigenvalue weighted by atomic mass is 16.5. The molecule has 19 heavy (non-hydrogen) atoms. The summed E-state index contributed by atoms with van der Waals surface area (Å²) in [7, 11) is 1.52. The number of H-pyrrole nitrogens is 1. The second-order valence-corrected chi connectivity index (χ2v) is 4.83. The standard InChI is InChI=1S/C12H20N4O3/c1-19-6-8(17)4-5-14-12(18)11-9(13)10(15-16-11)7-2-3-7/h7-8,17H,2-6,13H2,1H3,(H,14,18)(H,15,16). The second-order valence-electron chi connectivity index (χ2n) is 4.83. The molecule has 0 bridgehead atoms. The Morgan fingerprint density at radius 3 is 3.05 bits per heavy atom. The van der Waals surface area contributed by atoms with Crippen molar-refractivity contribution in [3.05, 3.63) is 11.4 Å². The number of hydrogen-bond donors (Lipinski definition) is 4. The van der Waals surface area contributed by atoms with E-state index in [9.17, 15) is 9.90 Å². The molecule has 1 aromatic rings. The average molecular weight is 268 g/mol. The quantitative estimate of drug-likeness (QED) is 0.556. The van der Waals surface area contributed by atoms with E-state index in [1.807, 2.05) is 0 Å².